The number of benzene rings is 2. The van der Waals surface area contributed by atoms with E-state index in [4.69, 9.17) is 0 Å². The highest BCUT2D eigenvalue weighted by atomic mass is 31.2. The van der Waals surface area contributed by atoms with Gasteiger partial charge in [-0.1, -0.05) is 60.7 Å². The van der Waals surface area contributed by atoms with E-state index in [1.165, 1.54) is 0 Å². The van der Waals surface area contributed by atoms with E-state index in [0.717, 1.165) is 30.0 Å². The molecule has 0 spiro atoms. The monoisotopic (exact) mass is 315 g/mol. The van der Waals surface area contributed by atoms with Crippen molar-refractivity contribution in [3.8, 4) is 0 Å². The fourth-order valence-electron chi connectivity index (χ4n) is 3.13. The molecule has 2 aromatic carbocycles. The second kappa shape index (κ2) is 6.78. The second-order valence-corrected chi connectivity index (χ2v) is 8.74. The summed E-state index contributed by atoms with van der Waals surface area (Å²) < 4.78 is 13.8. The number of aliphatic hydroxyl groups excluding tert-OH is 1. The van der Waals surface area contributed by atoms with Gasteiger partial charge < -0.3 is 15.0 Å². The zero-order valence-electron chi connectivity index (χ0n) is 12.6. The minimum atomic E-state index is -2.82. The summed E-state index contributed by atoms with van der Waals surface area (Å²) in [5.41, 5.74) is 0. The van der Waals surface area contributed by atoms with Crippen molar-refractivity contribution in [2.24, 2.45) is 0 Å². The van der Waals surface area contributed by atoms with Crippen molar-refractivity contribution in [1.82, 2.24) is 5.32 Å². The maximum absolute atomic E-state index is 13.8. The third-order valence-corrected chi connectivity index (χ3v) is 7.51. The standard InChI is InChI=1S/C18H22NO2P/c20-18(17-12-7-13-19-17)14-22(21,15-8-3-1-4-9-15)16-10-5-2-6-11-16/h1-6,8-11,17-20H,7,12-14H2. The normalized spacial score (nSPS) is 20.0. The lowest BCUT2D eigenvalue weighted by Crippen LogP contribution is -2.39. The minimum absolute atomic E-state index is 0.0562. The van der Waals surface area contributed by atoms with Gasteiger partial charge >= 0.3 is 0 Å². The molecule has 1 fully saturated rings. The summed E-state index contributed by atoms with van der Waals surface area (Å²) in [6.45, 7) is 0.933. The molecule has 1 aliphatic rings. The average Bonchev–Trinajstić information content (AvgIpc) is 3.11. The molecule has 0 aliphatic carbocycles. The van der Waals surface area contributed by atoms with Crippen LogP contribution in [-0.2, 0) is 4.57 Å². The number of rotatable bonds is 5. The molecule has 1 heterocycles. The molecule has 0 bridgehead atoms. The largest absolute Gasteiger partial charge is 0.391 e. The van der Waals surface area contributed by atoms with Crippen molar-refractivity contribution < 1.29 is 9.67 Å². The highest BCUT2D eigenvalue weighted by Crippen LogP contribution is 2.44. The fourth-order valence-corrected chi connectivity index (χ4v) is 5.94. The first kappa shape index (κ1) is 15.5. The Morgan fingerprint density at radius 3 is 2.05 bits per heavy atom. The zero-order chi connectivity index (χ0) is 15.4. The summed E-state index contributed by atoms with van der Waals surface area (Å²) in [6, 6.07) is 19.2. The van der Waals surface area contributed by atoms with Gasteiger partial charge in [-0.25, -0.2) is 0 Å². The van der Waals surface area contributed by atoms with Crippen molar-refractivity contribution in [3.63, 3.8) is 0 Å². The SMILES string of the molecule is O=P(CC(O)C1CCCN1)(c1ccccc1)c1ccccc1. The summed E-state index contributed by atoms with van der Waals surface area (Å²) in [5.74, 6) is 0. The smallest absolute Gasteiger partial charge is 0.145 e. The summed E-state index contributed by atoms with van der Waals surface area (Å²) in [6.07, 6.45) is 1.72. The quantitative estimate of drug-likeness (QED) is 0.831. The van der Waals surface area contributed by atoms with E-state index >= 15 is 0 Å². The Morgan fingerprint density at radius 1 is 1.05 bits per heavy atom. The molecule has 3 rings (SSSR count). The molecule has 2 unspecified atom stereocenters. The first-order valence-electron chi connectivity index (χ1n) is 7.82. The van der Waals surface area contributed by atoms with Crippen molar-refractivity contribution in [2.45, 2.75) is 25.0 Å². The van der Waals surface area contributed by atoms with Gasteiger partial charge in [0.2, 0.25) is 0 Å². The van der Waals surface area contributed by atoms with Gasteiger partial charge in [0.05, 0.1) is 6.10 Å². The summed E-state index contributed by atoms with van der Waals surface area (Å²) in [5, 5.41) is 15.5. The molecule has 2 N–H and O–H groups in total. The van der Waals surface area contributed by atoms with Crippen LogP contribution in [0.5, 0.6) is 0 Å². The van der Waals surface area contributed by atoms with Crippen LogP contribution in [0.15, 0.2) is 60.7 Å². The topological polar surface area (TPSA) is 49.3 Å². The van der Waals surface area contributed by atoms with E-state index in [0.29, 0.717) is 6.16 Å². The fraction of sp³-hybridized carbons (Fsp3) is 0.333. The molecule has 22 heavy (non-hydrogen) atoms. The third kappa shape index (κ3) is 3.17. The van der Waals surface area contributed by atoms with Gasteiger partial charge in [-0.2, -0.15) is 0 Å². The number of hydrogen-bond donors (Lipinski definition) is 2. The number of aliphatic hydroxyl groups is 1. The predicted octanol–water partition coefficient (Wildman–Crippen LogP) is 2.11. The van der Waals surface area contributed by atoms with E-state index in [1.807, 2.05) is 60.7 Å². The average molecular weight is 315 g/mol. The highest BCUT2D eigenvalue weighted by molar-refractivity contribution is 7.78. The Kier molecular flexibility index (Phi) is 4.77. The molecule has 0 amide bonds. The Bertz CT molecular complexity index is 595. The molecular weight excluding hydrogens is 293 g/mol. The number of hydrogen-bond acceptors (Lipinski definition) is 3. The summed E-state index contributed by atoms with van der Waals surface area (Å²) in [7, 11) is -2.82. The highest BCUT2D eigenvalue weighted by Gasteiger charge is 2.34. The molecule has 116 valence electrons. The van der Waals surface area contributed by atoms with Crippen LogP contribution in [0.1, 0.15) is 12.8 Å². The maximum atomic E-state index is 13.8. The van der Waals surface area contributed by atoms with Crippen molar-refractivity contribution in [3.05, 3.63) is 60.7 Å². The van der Waals surface area contributed by atoms with Crippen LogP contribution >= 0.6 is 7.14 Å². The molecule has 2 atom stereocenters. The van der Waals surface area contributed by atoms with Crippen LogP contribution in [0.4, 0.5) is 0 Å². The Morgan fingerprint density at radius 2 is 1.59 bits per heavy atom. The van der Waals surface area contributed by atoms with E-state index in [-0.39, 0.29) is 6.04 Å². The zero-order valence-corrected chi connectivity index (χ0v) is 13.5. The Balaban J connectivity index is 1.95. The van der Waals surface area contributed by atoms with Gasteiger partial charge in [-0.3, -0.25) is 0 Å². The number of nitrogens with one attached hydrogen (secondary N) is 1. The van der Waals surface area contributed by atoms with Crippen LogP contribution < -0.4 is 15.9 Å². The van der Waals surface area contributed by atoms with Gasteiger partial charge in [0.25, 0.3) is 0 Å². The van der Waals surface area contributed by atoms with E-state index in [2.05, 4.69) is 5.32 Å². The van der Waals surface area contributed by atoms with Crippen molar-refractivity contribution in [1.29, 1.82) is 0 Å². The van der Waals surface area contributed by atoms with Crippen LogP contribution in [-0.4, -0.2) is 30.0 Å². The minimum Gasteiger partial charge on any atom is -0.391 e. The Hall–Kier alpha value is -1.41. The molecule has 2 aromatic rings. The van der Waals surface area contributed by atoms with Crippen molar-refractivity contribution in [2.75, 3.05) is 12.7 Å². The summed E-state index contributed by atoms with van der Waals surface area (Å²) in [4.78, 5) is 0. The van der Waals surface area contributed by atoms with Gasteiger partial charge in [-0.15, -0.1) is 0 Å². The van der Waals surface area contributed by atoms with Crippen LogP contribution in [0.25, 0.3) is 0 Å². The predicted molar refractivity (Wildman–Crippen MR) is 91.7 cm³/mol. The lowest BCUT2D eigenvalue weighted by molar-refractivity contribution is 0.157. The lowest BCUT2D eigenvalue weighted by atomic mass is 10.1. The van der Waals surface area contributed by atoms with Gasteiger partial charge in [0, 0.05) is 22.8 Å². The molecule has 0 aromatic heterocycles. The van der Waals surface area contributed by atoms with Crippen LogP contribution in [0, 0.1) is 0 Å². The summed E-state index contributed by atoms with van der Waals surface area (Å²) >= 11 is 0. The van der Waals surface area contributed by atoms with Crippen LogP contribution in [0.2, 0.25) is 0 Å². The molecule has 1 aliphatic heterocycles. The molecule has 1 saturated heterocycles. The molecule has 0 saturated carbocycles. The van der Waals surface area contributed by atoms with Gasteiger partial charge in [0.1, 0.15) is 7.14 Å². The van der Waals surface area contributed by atoms with Crippen molar-refractivity contribution >= 4 is 17.8 Å². The third-order valence-electron chi connectivity index (χ3n) is 4.35. The van der Waals surface area contributed by atoms with E-state index < -0.39 is 13.2 Å². The molecule has 0 radical (unpaired) electrons. The maximum Gasteiger partial charge on any atom is 0.145 e. The molecular formula is C18H22NO2P. The van der Waals surface area contributed by atoms with Gasteiger partial charge in [0.15, 0.2) is 0 Å². The molecule has 4 heteroatoms. The van der Waals surface area contributed by atoms with Crippen LogP contribution in [0.3, 0.4) is 0 Å². The van der Waals surface area contributed by atoms with E-state index in [9.17, 15) is 9.67 Å². The van der Waals surface area contributed by atoms with Gasteiger partial charge in [-0.05, 0) is 19.4 Å². The second-order valence-electron chi connectivity index (χ2n) is 5.86. The first-order valence-corrected chi connectivity index (χ1v) is 9.71. The Labute approximate surface area is 131 Å². The molecule has 3 nitrogen and oxygen atoms in total. The lowest BCUT2D eigenvalue weighted by Gasteiger charge is -2.25. The van der Waals surface area contributed by atoms with E-state index in [1.54, 1.807) is 0 Å². The first-order chi connectivity index (χ1) is 10.7.